The van der Waals surface area contributed by atoms with Crippen molar-refractivity contribution in [3.63, 3.8) is 0 Å². The van der Waals surface area contributed by atoms with Crippen molar-refractivity contribution in [2.45, 2.75) is 25.4 Å². The minimum absolute atomic E-state index is 0.295. The highest BCUT2D eigenvalue weighted by Crippen LogP contribution is 2.17. The smallest absolute Gasteiger partial charge is 0.333 e. The zero-order valence-corrected chi connectivity index (χ0v) is 6.92. The third kappa shape index (κ3) is 1.34. The highest BCUT2D eigenvalue weighted by molar-refractivity contribution is 5.82. The molecule has 1 N–H and O–H groups in total. The van der Waals surface area contributed by atoms with Gasteiger partial charge in [0.25, 0.3) is 0 Å². The number of nitrogens with one attached hydrogen (secondary N) is 1. The van der Waals surface area contributed by atoms with Crippen LogP contribution in [0.3, 0.4) is 0 Å². The van der Waals surface area contributed by atoms with E-state index in [1.807, 2.05) is 13.8 Å². The fraction of sp³-hybridized carbons (Fsp3) is 0.714. The van der Waals surface area contributed by atoms with Crippen LogP contribution in [0.2, 0.25) is 0 Å². The van der Waals surface area contributed by atoms with Crippen LogP contribution in [0.25, 0.3) is 0 Å². The maximum absolute atomic E-state index is 11.1. The van der Waals surface area contributed by atoms with Crippen LogP contribution in [0.5, 0.6) is 0 Å². The highest BCUT2D eigenvalue weighted by Gasteiger charge is 2.38. The molecule has 62 valence electrons. The third-order valence-electron chi connectivity index (χ3n) is 1.77. The van der Waals surface area contributed by atoms with Crippen LogP contribution in [0.4, 0.5) is 0 Å². The van der Waals surface area contributed by atoms with Crippen molar-refractivity contribution in [3.05, 3.63) is 0 Å². The molecular formula is C7H12N2O2. The Kier molecular flexibility index (Phi) is 1.85. The van der Waals surface area contributed by atoms with E-state index in [0.717, 1.165) is 0 Å². The number of ether oxygens (including phenoxy) is 1. The first kappa shape index (κ1) is 8.04. The molecule has 0 spiro atoms. The highest BCUT2D eigenvalue weighted by atomic mass is 16.5. The Hall–Kier alpha value is -1.06. The van der Waals surface area contributed by atoms with Gasteiger partial charge in [0.2, 0.25) is 0 Å². The molecular weight excluding hydrogens is 144 g/mol. The summed E-state index contributed by atoms with van der Waals surface area (Å²) < 4.78 is 4.58. The fourth-order valence-electron chi connectivity index (χ4n) is 1.01. The molecule has 0 aromatic carbocycles. The van der Waals surface area contributed by atoms with Gasteiger partial charge in [0, 0.05) is 0 Å². The summed E-state index contributed by atoms with van der Waals surface area (Å²) in [6.45, 7) is 3.81. The molecule has 1 heterocycles. The monoisotopic (exact) mass is 156 g/mol. The number of carbonyl (C=O) groups excluding carboxylic acids is 1. The second-order valence-corrected chi connectivity index (χ2v) is 3.07. The molecule has 0 aromatic rings. The van der Waals surface area contributed by atoms with E-state index < -0.39 is 6.04 Å². The van der Waals surface area contributed by atoms with E-state index in [9.17, 15) is 4.79 Å². The predicted octanol–water partition coefficient (Wildman–Crippen LogP) is -0.0619. The molecule has 0 amide bonds. The van der Waals surface area contributed by atoms with Gasteiger partial charge in [-0.1, -0.05) is 0 Å². The fourth-order valence-corrected chi connectivity index (χ4v) is 1.01. The zero-order chi connectivity index (χ0) is 8.48. The Morgan fingerprint density at radius 2 is 2.36 bits per heavy atom. The molecule has 1 unspecified atom stereocenters. The Labute approximate surface area is 65.6 Å². The second kappa shape index (κ2) is 2.53. The summed E-state index contributed by atoms with van der Waals surface area (Å²) in [6.07, 6.45) is 1.54. The molecule has 0 fully saturated rings. The first-order chi connectivity index (χ1) is 5.08. The molecule has 0 saturated carbocycles. The maximum Gasteiger partial charge on any atom is 0.333 e. The lowest BCUT2D eigenvalue weighted by molar-refractivity contribution is -0.143. The lowest BCUT2D eigenvalue weighted by Gasteiger charge is -2.23. The zero-order valence-electron chi connectivity index (χ0n) is 6.92. The van der Waals surface area contributed by atoms with Gasteiger partial charge in [0.05, 0.1) is 19.0 Å². The Bertz CT molecular complexity index is 199. The summed E-state index contributed by atoms with van der Waals surface area (Å²) in [5.41, 5.74) is -0.312. The van der Waals surface area contributed by atoms with Crippen molar-refractivity contribution in [1.29, 1.82) is 0 Å². The standard InChI is InChI=1S/C7H12N2O2/c1-7(2)5(6(10)11-3)8-4-9-7/h4-5H,1-3H3,(H,8,9). The van der Waals surface area contributed by atoms with Crippen molar-refractivity contribution in [1.82, 2.24) is 5.32 Å². The van der Waals surface area contributed by atoms with Gasteiger partial charge < -0.3 is 10.1 Å². The molecule has 1 aliphatic rings. The number of hydrogen-bond acceptors (Lipinski definition) is 4. The van der Waals surface area contributed by atoms with E-state index in [2.05, 4.69) is 15.0 Å². The summed E-state index contributed by atoms with van der Waals surface area (Å²) in [6, 6.07) is -0.410. The van der Waals surface area contributed by atoms with Crippen molar-refractivity contribution < 1.29 is 9.53 Å². The molecule has 1 aliphatic heterocycles. The molecule has 0 bridgehead atoms. The molecule has 4 nitrogen and oxygen atoms in total. The maximum atomic E-state index is 11.1. The van der Waals surface area contributed by atoms with Gasteiger partial charge >= 0.3 is 5.97 Å². The van der Waals surface area contributed by atoms with Crippen LogP contribution in [0, 0.1) is 0 Å². The Balaban J connectivity index is 2.72. The van der Waals surface area contributed by atoms with Crippen molar-refractivity contribution in [2.24, 2.45) is 4.99 Å². The predicted molar refractivity (Wildman–Crippen MR) is 41.5 cm³/mol. The average Bonchev–Trinajstić information content (AvgIpc) is 2.28. The van der Waals surface area contributed by atoms with Gasteiger partial charge in [-0.15, -0.1) is 0 Å². The van der Waals surface area contributed by atoms with Gasteiger partial charge in [-0.3, -0.25) is 4.99 Å². The van der Waals surface area contributed by atoms with Crippen LogP contribution in [0.1, 0.15) is 13.8 Å². The number of aliphatic imine (C=N–C) groups is 1. The van der Waals surface area contributed by atoms with Crippen LogP contribution < -0.4 is 5.32 Å². The van der Waals surface area contributed by atoms with Crippen LogP contribution in [-0.4, -0.2) is 31.0 Å². The summed E-state index contributed by atoms with van der Waals surface area (Å²) in [5.74, 6) is -0.295. The van der Waals surface area contributed by atoms with Crippen molar-refractivity contribution in [2.75, 3.05) is 7.11 Å². The number of nitrogens with zero attached hydrogens (tertiary/aromatic N) is 1. The summed E-state index contributed by atoms with van der Waals surface area (Å²) >= 11 is 0. The lowest BCUT2D eigenvalue weighted by atomic mass is 9.97. The molecule has 0 saturated heterocycles. The van der Waals surface area contributed by atoms with Gasteiger partial charge in [-0.2, -0.15) is 0 Å². The number of methoxy groups -OCH3 is 1. The number of hydrogen-bond donors (Lipinski definition) is 1. The van der Waals surface area contributed by atoms with Crippen molar-refractivity contribution >= 4 is 12.3 Å². The molecule has 11 heavy (non-hydrogen) atoms. The van der Waals surface area contributed by atoms with Crippen molar-refractivity contribution in [3.8, 4) is 0 Å². The van der Waals surface area contributed by atoms with E-state index in [1.165, 1.54) is 7.11 Å². The summed E-state index contributed by atoms with van der Waals surface area (Å²) in [7, 11) is 1.37. The van der Waals surface area contributed by atoms with Crippen LogP contribution >= 0.6 is 0 Å². The first-order valence-electron chi connectivity index (χ1n) is 3.45. The minimum Gasteiger partial charge on any atom is -0.467 e. The largest absolute Gasteiger partial charge is 0.467 e. The van der Waals surface area contributed by atoms with E-state index in [4.69, 9.17) is 0 Å². The van der Waals surface area contributed by atoms with Crippen LogP contribution in [-0.2, 0) is 9.53 Å². The van der Waals surface area contributed by atoms with Gasteiger partial charge in [0.1, 0.15) is 0 Å². The van der Waals surface area contributed by atoms with Gasteiger partial charge in [0.15, 0.2) is 6.04 Å². The minimum atomic E-state index is -0.410. The molecule has 0 radical (unpaired) electrons. The summed E-state index contributed by atoms with van der Waals surface area (Å²) in [4.78, 5) is 15.0. The van der Waals surface area contributed by atoms with E-state index in [1.54, 1.807) is 6.34 Å². The van der Waals surface area contributed by atoms with E-state index >= 15 is 0 Å². The second-order valence-electron chi connectivity index (χ2n) is 3.07. The average molecular weight is 156 g/mol. The Morgan fingerprint density at radius 3 is 2.73 bits per heavy atom. The third-order valence-corrected chi connectivity index (χ3v) is 1.77. The van der Waals surface area contributed by atoms with Crippen LogP contribution in [0.15, 0.2) is 4.99 Å². The first-order valence-corrected chi connectivity index (χ1v) is 3.45. The molecule has 4 heteroatoms. The molecule has 0 aromatic heterocycles. The topological polar surface area (TPSA) is 50.7 Å². The quantitative estimate of drug-likeness (QED) is 0.541. The number of rotatable bonds is 1. The lowest BCUT2D eigenvalue weighted by Crippen LogP contribution is -2.46. The number of carbonyl (C=O) groups is 1. The summed E-state index contributed by atoms with van der Waals surface area (Å²) in [5, 5.41) is 2.97. The van der Waals surface area contributed by atoms with E-state index in [0.29, 0.717) is 0 Å². The van der Waals surface area contributed by atoms with Gasteiger partial charge in [-0.25, -0.2) is 4.79 Å². The SMILES string of the molecule is COC(=O)C1N=CNC1(C)C. The number of esters is 1. The Morgan fingerprint density at radius 1 is 1.73 bits per heavy atom. The van der Waals surface area contributed by atoms with E-state index in [-0.39, 0.29) is 11.5 Å². The normalized spacial score (nSPS) is 26.3. The van der Waals surface area contributed by atoms with Gasteiger partial charge in [-0.05, 0) is 13.8 Å². The molecule has 1 atom stereocenters. The molecule has 1 rings (SSSR count). The molecule has 0 aliphatic carbocycles.